The summed E-state index contributed by atoms with van der Waals surface area (Å²) in [6.07, 6.45) is 5.58. The van der Waals surface area contributed by atoms with E-state index >= 15 is 0 Å². The Morgan fingerprint density at radius 2 is 2.00 bits per heavy atom. The number of fused-ring (bicyclic) bond motifs is 1. The summed E-state index contributed by atoms with van der Waals surface area (Å²) < 4.78 is 2.70. The standard InChI is InChI=1S/C12H18N4O2.Na.H/c1-3-4-5-6-7-16-11(17)9-10(14-8-13-9)15(2)12(16)18;;/h8H,3-7H2,1-2H3,(H,13,14);;. The molecular weight excluding hydrogens is 255 g/mol. The van der Waals surface area contributed by atoms with Crippen molar-refractivity contribution in [3.8, 4) is 0 Å². The summed E-state index contributed by atoms with van der Waals surface area (Å²) in [4.78, 5) is 30.9. The van der Waals surface area contributed by atoms with Crippen LogP contribution in [-0.4, -0.2) is 48.7 Å². The Balaban J connectivity index is 0.00000180. The fourth-order valence-electron chi connectivity index (χ4n) is 2.09. The molecule has 100 valence electrons. The molecule has 0 aliphatic carbocycles. The minimum absolute atomic E-state index is 0. The SMILES string of the molecule is CCCCCCn1c(=O)c2[nH]cnc2n(C)c1=O.[NaH]. The van der Waals surface area contributed by atoms with E-state index in [-0.39, 0.29) is 40.8 Å². The first kappa shape index (κ1) is 16.2. The third kappa shape index (κ3) is 3.19. The molecule has 0 amide bonds. The Bertz CT molecular complexity index is 656. The molecule has 6 nitrogen and oxygen atoms in total. The van der Waals surface area contributed by atoms with E-state index in [0.717, 1.165) is 25.7 Å². The van der Waals surface area contributed by atoms with Gasteiger partial charge in [0.1, 0.15) is 5.52 Å². The Kier molecular flexibility index (Phi) is 6.03. The van der Waals surface area contributed by atoms with E-state index in [0.29, 0.717) is 17.7 Å². The first-order valence-electron chi connectivity index (χ1n) is 6.29. The van der Waals surface area contributed by atoms with E-state index < -0.39 is 0 Å². The van der Waals surface area contributed by atoms with Crippen LogP contribution in [0.2, 0.25) is 0 Å². The summed E-state index contributed by atoms with van der Waals surface area (Å²) in [5, 5.41) is 0. The molecule has 0 aliphatic rings. The number of hydrogen-bond donors (Lipinski definition) is 1. The number of aromatic amines is 1. The summed E-state index contributed by atoms with van der Waals surface area (Å²) in [7, 11) is 1.63. The van der Waals surface area contributed by atoms with Gasteiger partial charge in [-0.15, -0.1) is 0 Å². The molecule has 19 heavy (non-hydrogen) atoms. The minimum atomic E-state index is -0.295. The molecule has 0 aromatic carbocycles. The van der Waals surface area contributed by atoms with Gasteiger partial charge in [-0.2, -0.15) is 0 Å². The molecule has 0 unspecified atom stereocenters. The van der Waals surface area contributed by atoms with Crippen LogP contribution in [-0.2, 0) is 13.6 Å². The van der Waals surface area contributed by atoms with E-state index in [9.17, 15) is 9.59 Å². The fraction of sp³-hybridized carbons (Fsp3) is 0.583. The second-order valence-electron chi connectivity index (χ2n) is 4.46. The molecule has 0 atom stereocenters. The fourth-order valence-corrected chi connectivity index (χ4v) is 2.09. The quantitative estimate of drug-likeness (QED) is 0.632. The van der Waals surface area contributed by atoms with Crippen molar-refractivity contribution in [2.24, 2.45) is 7.05 Å². The van der Waals surface area contributed by atoms with Gasteiger partial charge >= 0.3 is 35.2 Å². The second kappa shape index (κ2) is 7.07. The Labute approximate surface area is 133 Å². The number of aryl methyl sites for hydroxylation is 1. The number of aromatic nitrogens is 4. The first-order valence-corrected chi connectivity index (χ1v) is 6.29. The number of unbranched alkanes of at least 4 members (excludes halogenated alkanes) is 3. The van der Waals surface area contributed by atoms with Crippen molar-refractivity contribution in [2.45, 2.75) is 39.2 Å². The van der Waals surface area contributed by atoms with Crippen LogP contribution in [0.1, 0.15) is 32.6 Å². The van der Waals surface area contributed by atoms with E-state index in [1.165, 1.54) is 15.5 Å². The van der Waals surface area contributed by atoms with Gasteiger partial charge in [0, 0.05) is 13.6 Å². The van der Waals surface area contributed by atoms with Gasteiger partial charge in [0.05, 0.1) is 6.33 Å². The van der Waals surface area contributed by atoms with Gasteiger partial charge in [0.15, 0.2) is 5.65 Å². The summed E-state index contributed by atoms with van der Waals surface area (Å²) in [6.45, 7) is 2.60. The molecule has 0 spiro atoms. The third-order valence-electron chi connectivity index (χ3n) is 3.15. The van der Waals surface area contributed by atoms with Gasteiger partial charge in [-0.25, -0.2) is 9.78 Å². The molecule has 0 saturated carbocycles. The van der Waals surface area contributed by atoms with Crippen molar-refractivity contribution < 1.29 is 0 Å². The monoisotopic (exact) mass is 274 g/mol. The molecular formula is C12H19N4NaO2. The molecule has 0 radical (unpaired) electrons. The number of H-pyrrole nitrogens is 1. The van der Waals surface area contributed by atoms with Gasteiger partial charge in [0.2, 0.25) is 0 Å². The molecule has 0 saturated heterocycles. The number of hydrogen-bond acceptors (Lipinski definition) is 3. The molecule has 0 fully saturated rings. The maximum atomic E-state index is 12.1. The third-order valence-corrected chi connectivity index (χ3v) is 3.15. The molecule has 2 heterocycles. The molecule has 2 aromatic heterocycles. The predicted molar refractivity (Wildman–Crippen MR) is 76.9 cm³/mol. The normalized spacial score (nSPS) is 10.6. The van der Waals surface area contributed by atoms with Crippen molar-refractivity contribution in [1.29, 1.82) is 0 Å². The zero-order valence-corrected chi connectivity index (χ0v) is 10.8. The topological polar surface area (TPSA) is 72.7 Å². The van der Waals surface area contributed by atoms with E-state index in [2.05, 4.69) is 16.9 Å². The van der Waals surface area contributed by atoms with E-state index in [1.807, 2.05) is 0 Å². The summed E-state index contributed by atoms with van der Waals surface area (Å²) >= 11 is 0. The average molecular weight is 274 g/mol. The number of nitrogens with zero attached hydrogens (tertiary/aromatic N) is 3. The van der Waals surface area contributed by atoms with Crippen LogP contribution in [0.15, 0.2) is 15.9 Å². The zero-order valence-electron chi connectivity index (χ0n) is 10.8. The zero-order chi connectivity index (χ0) is 13.1. The van der Waals surface area contributed by atoms with Crippen LogP contribution in [0, 0.1) is 0 Å². The summed E-state index contributed by atoms with van der Waals surface area (Å²) in [5.74, 6) is 0. The van der Waals surface area contributed by atoms with Gasteiger partial charge in [0.25, 0.3) is 5.56 Å². The van der Waals surface area contributed by atoms with Crippen molar-refractivity contribution in [1.82, 2.24) is 19.1 Å². The van der Waals surface area contributed by atoms with Gasteiger partial charge < -0.3 is 4.98 Å². The van der Waals surface area contributed by atoms with Crippen molar-refractivity contribution in [3.63, 3.8) is 0 Å². The van der Waals surface area contributed by atoms with Crippen LogP contribution in [0.5, 0.6) is 0 Å². The van der Waals surface area contributed by atoms with Gasteiger partial charge in [-0.05, 0) is 6.42 Å². The number of imidazole rings is 1. The molecule has 2 rings (SSSR count). The number of rotatable bonds is 5. The molecule has 0 aliphatic heterocycles. The molecule has 0 bridgehead atoms. The number of nitrogens with one attached hydrogen (secondary N) is 1. The van der Waals surface area contributed by atoms with Crippen LogP contribution < -0.4 is 11.2 Å². The van der Waals surface area contributed by atoms with E-state index in [4.69, 9.17) is 0 Å². The Morgan fingerprint density at radius 3 is 2.68 bits per heavy atom. The van der Waals surface area contributed by atoms with Crippen molar-refractivity contribution >= 4 is 40.7 Å². The van der Waals surface area contributed by atoms with E-state index in [1.54, 1.807) is 7.05 Å². The van der Waals surface area contributed by atoms with Crippen molar-refractivity contribution in [2.75, 3.05) is 0 Å². The molecule has 1 N–H and O–H groups in total. The Hall–Kier alpha value is -0.850. The van der Waals surface area contributed by atoms with Crippen molar-refractivity contribution in [3.05, 3.63) is 27.2 Å². The average Bonchev–Trinajstić information content (AvgIpc) is 2.85. The van der Waals surface area contributed by atoms with Crippen LogP contribution >= 0.6 is 0 Å². The van der Waals surface area contributed by atoms with Gasteiger partial charge in [-0.1, -0.05) is 26.2 Å². The summed E-state index contributed by atoms with van der Waals surface area (Å²) in [6, 6.07) is 0. The van der Waals surface area contributed by atoms with Crippen LogP contribution in [0.4, 0.5) is 0 Å². The Morgan fingerprint density at radius 1 is 1.26 bits per heavy atom. The van der Waals surface area contributed by atoms with Gasteiger partial charge in [-0.3, -0.25) is 13.9 Å². The molecule has 7 heteroatoms. The van der Waals surface area contributed by atoms with Crippen LogP contribution in [0.25, 0.3) is 11.2 Å². The second-order valence-corrected chi connectivity index (χ2v) is 4.46. The molecule has 2 aromatic rings. The summed E-state index contributed by atoms with van der Waals surface area (Å²) in [5.41, 5.74) is 0.237. The van der Waals surface area contributed by atoms with Crippen LogP contribution in [0.3, 0.4) is 0 Å². The maximum absolute atomic E-state index is 12.1. The first-order chi connectivity index (χ1) is 8.66. The predicted octanol–water partition coefficient (Wildman–Crippen LogP) is 0.355.